The largest absolute Gasteiger partial charge is 0.379 e. The number of anilines is 1. The highest BCUT2D eigenvalue weighted by Gasteiger charge is 2.16. The van der Waals surface area contributed by atoms with Crippen LogP contribution in [0.2, 0.25) is 0 Å². The van der Waals surface area contributed by atoms with Crippen LogP contribution in [-0.4, -0.2) is 66.3 Å². The molecule has 0 radical (unpaired) electrons. The van der Waals surface area contributed by atoms with Crippen LogP contribution in [0.3, 0.4) is 0 Å². The summed E-state index contributed by atoms with van der Waals surface area (Å²) in [6.07, 6.45) is 5.64. The molecule has 138 valence electrons. The molecule has 1 aliphatic rings. The highest BCUT2D eigenvalue weighted by atomic mass is 16.5. The van der Waals surface area contributed by atoms with Crippen molar-refractivity contribution in [3.05, 3.63) is 36.8 Å². The van der Waals surface area contributed by atoms with Crippen LogP contribution in [0.15, 0.2) is 36.8 Å². The predicted octanol–water partition coefficient (Wildman–Crippen LogP) is 0.164. The maximum absolute atomic E-state index is 12.4. The van der Waals surface area contributed by atoms with Gasteiger partial charge in [0, 0.05) is 38.1 Å². The van der Waals surface area contributed by atoms with E-state index in [9.17, 15) is 4.79 Å². The minimum Gasteiger partial charge on any atom is -0.379 e. The van der Waals surface area contributed by atoms with Crippen LogP contribution >= 0.6 is 0 Å². The second-order valence-electron chi connectivity index (χ2n) is 6.87. The molecular formula is C19H22BN5O2. The molecule has 1 aromatic carbocycles. The standard InChI is InChI=1S/C19H22BN5O2/c1-24-11-15(10-22-24)13-2-3-14-9-21-19(18(20)16(14)8-13)23-17(26)12-25-4-6-27-7-5-25/h2-3,8-11H,4-7,12,20H2,1H3,(H,21,23,26). The Kier molecular flexibility index (Phi) is 4.91. The molecule has 1 saturated heterocycles. The van der Waals surface area contributed by atoms with Crippen molar-refractivity contribution < 1.29 is 9.53 Å². The predicted molar refractivity (Wildman–Crippen MR) is 108 cm³/mol. The van der Waals surface area contributed by atoms with E-state index < -0.39 is 0 Å². The number of morpholine rings is 1. The second kappa shape index (κ2) is 7.50. The van der Waals surface area contributed by atoms with Gasteiger partial charge in [-0.15, -0.1) is 0 Å². The number of carbonyl (C=O) groups excluding carboxylic acids is 1. The number of nitrogens with one attached hydrogen (secondary N) is 1. The SMILES string of the molecule is Bc1c(NC(=O)CN2CCOCC2)ncc2ccc(-c3cnn(C)c3)cc12. The van der Waals surface area contributed by atoms with Gasteiger partial charge in [-0.05, 0) is 27.9 Å². The van der Waals surface area contributed by atoms with Crippen molar-refractivity contribution in [1.29, 1.82) is 0 Å². The Hall–Kier alpha value is -2.71. The molecule has 8 heteroatoms. The average Bonchev–Trinajstić information content (AvgIpc) is 3.11. The first-order chi connectivity index (χ1) is 13.1. The Morgan fingerprint density at radius 1 is 1.26 bits per heavy atom. The third-order valence-electron chi connectivity index (χ3n) is 4.91. The van der Waals surface area contributed by atoms with Gasteiger partial charge in [0.05, 0.1) is 26.0 Å². The smallest absolute Gasteiger partial charge is 0.239 e. The number of aryl methyl sites for hydroxylation is 1. The first kappa shape index (κ1) is 17.7. The van der Waals surface area contributed by atoms with Gasteiger partial charge in [0.1, 0.15) is 13.7 Å². The number of rotatable bonds is 4. The van der Waals surface area contributed by atoms with Crippen LogP contribution in [-0.2, 0) is 16.6 Å². The maximum atomic E-state index is 12.4. The van der Waals surface area contributed by atoms with Crippen molar-refractivity contribution in [3.63, 3.8) is 0 Å². The Labute approximate surface area is 158 Å². The number of benzene rings is 1. The zero-order valence-electron chi connectivity index (χ0n) is 15.6. The highest BCUT2D eigenvalue weighted by molar-refractivity contribution is 6.42. The van der Waals surface area contributed by atoms with E-state index in [1.54, 1.807) is 10.9 Å². The van der Waals surface area contributed by atoms with Crippen LogP contribution in [0.5, 0.6) is 0 Å². The van der Waals surface area contributed by atoms with Gasteiger partial charge in [-0.1, -0.05) is 12.1 Å². The third kappa shape index (κ3) is 3.86. The van der Waals surface area contributed by atoms with Crippen molar-refractivity contribution in [2.45, 2.75) is 0 Å². The zero-order valence-corrected chi connectivity index (χ0v) is 15.6. The van der Waals surface area contributed by atoms with E-state index in [1.165, 1.54) is 0 Å². The van der Waals surface area contributed by atoms with Gasteiger partial charge in [0.25, 0.3) is 0 Å². The fraction of sp³-hybridized carbons (Fsp3) is 0.316. The summed E-state index contributed by atoms with van der Waals surface area (Å²) in [5.41, 5.74) is 3.12. The molecule has 0 bridgehead atoms. The van der Waals surface area contributed by atoms with Crippen molar-refractivity contribution in [2.75, 3.05) is 38.2 Å². The molecule has 1 N–H and O–H groups in total. The number of hydrogen-bond donors (Lipinski definition) is 1. The molecule has 3 heterocycles. The Morgan fingerprint density at radius 3 is 2.81 bits per heavy atom. The molecule has 1 fully saturated rings. The lowest BCUT2D eigenvalue weighted by Gasteiger charge is -2.25. The Bertz CT molecular complexity index is 981. The molecule has 1 amide bonds. The third-order valence-corrected chi connectivity index (χ3v) is 4.91. The summed E-state index contributed by atoms with van der Waals surface area (Å²) in [6.45, 7) is 3.28. The normalized spacial score (nSPS) is 15.1. The van der Waals surface area contributed by atoms with Gasteiger partial charge in [-0.3, -0.25) is 14.4 Å². The fourth-order valence-electron chi connectivity index (χ4n) is 3.36. The van der Waals surface area contributed by atoms with Crippen molar-refractivity contribution >= 4 is 35.8 Å². The molecule has 0 aliphatic carbocycles. The van der Waals surface area contributed by atoms with Crippen LogP contribution in [0.4, 0.5) is 5.82 Å². The number of nitrogens with zero attached hydrogens (tertiary/aromatic N) is 4. The molecule has 2 aromatic heterocycles. The van der Waals surface area contributed by atoms with Crippen molar-refractivity contribution in [3.8, 4) is 11.1 Å². The number of fused-ring (bicyclic) bond motifs is 1. The summed E-state index contributed by atoms with van der Waals surface area (Å²) < 4.78 is 7.11. The minimum atomic E-state index is -0.0461. The Morgan fingerprint density at radius 2 is 2.07 bits per heavy atom. The van der Waals surface area contributed by atoms with Gasteiger partial charge >= 0.3 is 0 Å². The molecule has 4 rings (SSSR count). The maximum Gasteiger partial charge on any atom is 0.239 e. The molecule has 1 aliphatic heterocycles. The summed E-state index contributed by atoms with van der Waals surface area (Å²) in [7, 11) is 3.90. The first-order valence-corrected chi connectivity index (χ1v) is 9.08. The number of hydrogen-bond acceptors (Lipinski definition) is 5. The molecule has 0 saturated carbocycles. The van der Waals surface area contributed by atoms with Crippen LogP contribution in [0.1, 0.15) is 0 Å². The number of pyridine rings is 1. The zero-order chi connectivity index (χ0) is 18.8. The molecule has 0 unspecified atom stereocenters. The van der Waals surface area contributed by atoms with Gasteiger partial charge in [0.15, 0.2) is 0 Å². The summed E-state index contributed by atoms with van der Waals surface area (Å²) in [5, 5.41) is 9.33. The fourth-order valence-corrected chi connectivity index (χ4v) is 3.36. The van der Waals surface area contributed by atoms with E-state index in [-0.39, 0.29) is 5.91 Å². The van der Waals surface area contributed by atoms with Crippen LogP contribution < -0.4 is 10.8 Å². The number of amides is 1. The lowest BCUT2D eigenvalue weighted by Crippen LogP contribution is -2.41. The van der Waals surface area contributed by atoms with Gasteiger partial charge in [-0.25, -0.2) is 4.98 Å². The lowest BCUT2D eigenvalue weighted by atomic mass is 9.89. The van der Waals surface area contributed by atoms with E-state index in [4.69, 9.17) is 4.74 Å². The highest BCUT2D eigenvalue weighted by Crippen LogP contribution is 2.23. The van der Waals surface area contributed by atoms with Gasteiger partial charge < -0.3 is 10.1 Å². The van der Waals surface area contributed by atoms with Crippen molar-refractivity contribution in [2.24, 2.45) is 7.05 Å². The second-order valence-corrected chi connectivity index (χ2v) is 6.87. The van der Waals surface area contributed by atoms with Gasteiger partial charge in [0.2, 0.25) is 5.91 Å². The van der Waals surface area contributed by atoms with Gasteiger partial charge in [-0.2, -0.15) is 5.10 Å². The minimum absolute atomic E-state index is 0.0461. The van der Waals surface area contributed by atoms with E-state index in [0.717, 1.165) is 40.5 Å². The average molecular weight is 363 g/mol. The monoisotopic (exact) mass is 363 g/mol. The Balaban J connectivity index is 1.57. The molecular weight excluding hydrogens is 341 g/mol. The number of aromatic nitrogens is 3. The summed E-state index contributed by atoms with van der Waals surface area (Å²) in [6, 6.07) is 6.25. The summed E-state index contributed by atoms with van der Waals surface area (Å²) >= 11 is 0. The molecule has 3 aromatic rings. The van der Waals surface area contributed by atoms with E-state index in [0.29, 0.717) is 25.6 Å². The molecule has 0 spiro atoms. The quantitative estimate of drug-likeness (QED) is 0.669. The molecule has 27 heavy (non-hydrogen) atoms. The summed E-state index contributed by atoms with van der Waals surface area (Å²) in [4.78, 5) is 19.0. The lowest BCUT2D eigenvalue weighted by molar-refractivity contribution is -0.118. The number of ether oxygens (including phenoxy) is 1. The van der Waals surface area contributed by atoms with Crippen LogP contribution in [0, 0.1) is 0 Å². The van der Waals surface area contributed by atoms with Crippen LogP contribution in [0.25, 0.3) is 21.9 Å². The first-order valence-electron chi connectivity index (χ1n) is 9.08. The van der Waals surface area contributed by atoms with Crippen molar-refractivity contribution in [1.82, 2.24) is 19.7 Å². The molecule has 0 atom stereocenters. The van der Waals surface area contributed by atoms with E-state index in [1.807, 2.05) is 27.3 Å². The number of carbonyl (C=O) groups is 1. The van der Waals surface area contributed by atoms with E-state index in [2.05, 4.69) is 38.5 Å². The van der Waals surface area contributed by atoms with E-state index >= 15 is 0 Å². The topological polar surface area (TPSA) is 72.3 Å². The molecule has 7 nitrogen and oxygen atoms in total. The summed E-state index contributed by atoms with van der Waals surface area (Å²) in [5.74, 6) is 0.569.